The maximum absolute atomic E-state index is 12.3. The van der Waals surface area contributed by atoms with Crippen molar-refractivity contribution in [2.24, 2.45) is 11.7 Å². The van der Waals surface area contributed by atoms with Crippen molar-refractivity contribution in [3.05, 3.63) is 35.4 Å². The van der Waals surface area contributed by atoms with E-state index in [-0.39, 0.29) is 17.7 Å². The minimum Gasteiger partial charge on any atom is -0.348 e. The van der Waals surface area contributed by atoms with Gasteiger partial charge in [0.2, 0.25) is 0 Å². The first-order valence-electron chi connectivity index (χ1n) is 7.73. The van der Waals surface area contributed by atoms with Gasteiger partial charge in [0, 0.05) is 23.7 Å². The van der Waals surface area contributed by atoms with E-state index in [1.54, 1.807) is 24.3 Å². The number of hydrogen-bond donors (Lipinski definition) is 2. The predicted molar refractivity (Wildman–Crippen MR) is 83.3 cm³/mol. The van der Waals surface area contributed by atoms with Crippen molar-refractivity contribution in [3.63, 3.8) is 0 Å². The zero-order valence-corrected chi connectivity index (χ0v) is 12.6. The Labute approximate surface area is 126 Å². The molecule has 114 valence electrons. The van der Waals surface area contributed by atoms with Crippen LogP contribution in [0.5, 0.6) is 0 Å². The van der Waals surface area contributed by atoms with E-state index in [0.717, 1.165) is 12.8 Å². The summed E-state index contributed by atoms with van der Waals surface area (Å²) < 4.78 is 0. The van der Waals surface area contributed by atoms with Gasteiger partial charge in [-0.3, -0.25) is 9.59 Å². The summed E-state index contributed by atoms with van der Waals surface area (Å²) >= 11 is 0. The molecule has 1 atom stereocenters. The first-order chi connectivity index (χ1) is 10.1. The van der Waals surface area contributed by atoms with Crippen LogP contribution in [0.2, 0.25) is 0 Å². The molecule has 1 aromatic rings. The van der Waals surface area contributed by atoms with Crippen LogP contribution >= 0.6 is 0 Å². The second-order valence-corrected chi connectivity index (χ2v) is 5.85. The number of benzene rings is 1. The molecular formula is C17H24N2O2. The van der Waals surface area contributed by atoms with Gasteiger partial charge >= 0.3 is 0 Å². The van der Waals surface area contributed by atoms with E-state index in [1.807, 2.05) is 0 Å². The standard InChI is InChI=1S/C17H24N2O2/c1-12(20)13-7-9-15(10-8-13)17(21)19-16(11-18)14-5-3-2-4-6-14/h7-10,14,16H,2-6,11,18H2,1H3,(H,19,21). The van der Waals surface area contributed by atoms with E-state index >= 15 is 0 Å². The van der Waals surface area contributed by atoms with Crippen LogP contribution in [0, 0.1) is 5.92 Å². The Bertz CT molecular complexity index is 490. The van der Waals surface area contributed by atoms with Crippen molar-refractivity contribution in [1.82, 2.24) is 5.32 Å². The van der Waals surface area contributed by atoms with Crippen LogP contribution in [0.3, 0.4) is 0 Å². The zero-order chi connectivity index (χ0) is 15.2. The number of amides is 1. The van der Waals surface area contributed by atoms with E-state index in [4.69, 9.17) is 5.73 Å². The lowest BCUT2D eigenvalue weighted by Crippen LogP contribution is -2.45. The number of carbonyl (C=O) groups excluding carboxylic acids is 2. The SMILES string of the molecule is CC(=O)c1ccc(C(=O)NC(CN)C2CCCCC2)cc1. The van der Waals surface area contributed by atoms with E-state index in [2.05, 4.69) is 5.32 Å². The van der Waals surface area contributed by atoms with Crippen molar-refractivity contribution in [3.8, 4) is 0 Å². The third-order valence-corrected chi connectivity index (χ3v) is 4.34. The summed E-state index contributed by atoms with van der Waals surface area (Å²) in [7, 11) is 0. The minimum atomic E-state index is -0.105. The molecule has 1 saturated carbocycles. The normalized spacial score (nSPS) is 17.2. The zero-order valence-electron chi connectivity index (χ0n) is 12.6. The van der Waals surface area contributed by atoms with Crippen molar-refractivity contribution in [2.45, 2.75) is 45.1 Å². The van der Waals surface area contributed by atoms with Crippen LogP contribution in [-0.4, -0.2) is 24.3 Å². The summed E-state index contributed by atoms with van der Waals surface area (Å²) in [6.07, 6.45) is 6.03. The van der Waals surface area contributed by atoms with E-state index in [0.29, 0.717) is 23.6 Å². The van der Waals surface area contributed by atoms with Gasteiger partial charge in [0.05, 0.1) is 0 Å². The van der Waals surface area contributed by atoms with Crippen LogP contribution < -0.4 is 11.1 Å². The van der Waals surface area contributed by atoms with Crippen molar-refractivity contribution >= 4 is 11.7 Å². The fourth-order valence-electron chi connectivity index (χ4n) is 3.01. The lowest BCUT2D eigenvalue weighted by Gasteiger charge is -2.30. The van der Waals surface area contributed by atoms with Gasteiger partial charge in [-0.1, -0.05) is 31.4 Å². The first-order valence-corrected chi connectivity index (χ1v) is 7.73. The Hall–Kier alpha value is -1.68. The molecule has 0 spiro atoms. The highest BCUT2D eigenvalue weighted by molar-refractivity contribution is 5.97. The Morgan fingerprint density at radius 2 is 1.71 bits per heavy atom. The van der Waals surface area contributed by atoms with Crippen LogP contribution in [0.1, 0.15) is 59.7 Å². The monoisotopic (exact) mass is 288 g/mol. The van der Waals surface area contributed by atoms with Crippen molar-refractivity contribution in [1.29, 1.82) is 0 Å². The summed E-state index contributed by atoms with van der Waals surface area (Å²) in [5, 5.41) is 3.05. The molecule has 1 fully saturated rings. The second kappa shape index (κ2) is 7.36. The maximum atomic E-state index is 12.3. The van der Waals surface area contributed by atoms with Crippen LogP contribution in [-0.2, 0) is 0 Å². The predicted octanol–water partition coefficient (Wildman–Crippen LogP) is 2.53. The van der Waals surface area contributed by atoms with Gasteiger partial charge in [0.1, 0.15) is 0 Å². The fraction of sp³-hybridized carbons (Fsp3) is 0.529. The first kappa shape index (κ1) is 15.7. The summed E-state index contributed by atoms with van der Waals surface area (Å²) in [6, 6.07) is 6.82. The highest BCUT2D eigenvalue weighted by atomic mass is 16.1. The van der Waals surface area contributed by atoms with Gasteiger partial charge < -0.3 is 11.1 Å². The Morgan fingerprint density at radius 1 is 1.14 bits per heavy atom. The number of hydrogen-bond acceptors (Lipinski definition) is 3. The highest BCUT2D eigenvalue weighted by Crippen LogP contribution is 2.26. The summed E-state index contributed by atoms with van der Waals surface area (Å²) in [5.74, 6) is 0.388. The molecule has 2 rings (SSSR count). The molecule has 1 aromatic carbocycles. The average molecular weight is 288 g/mol. The minimum absolute atomic E-state index is 0.00370. The lowest BCUT2D eigenvalue weighted by molar-refractivity contribution is 0.0914. The molecule has 0 aromatic heterocycles. The third-order valence-electron chi connectivity index (χ3n) is 4.34. The maximum Gasteiger partial charge on any atom is 0.251 e. The molecule has 0 bridgehead atoms. The molecule has 4 nitrogen and oxygen atoms in total. The van der Waals surface area contributed by atoms with Crippen LogP contribution in [0.4, 0.5) is 0 Å². The molecule has 0 radical (unpaired) electrons. The molecule has 1 aliphatic carbocycles. The number of Topliss-reactive ketones (excluding diaryl/α,β-unsaturated/α-hetero) is 1. The Kier molecular flexibility index (Phi) is 5.51. The molecule has 1 unspecified atom stereocenters. The smallest absolute Gasteiger partial charge is 0.251 e. The van der Waals surface area contributed by atoms with E-state index in [1.165, 1.54) is 26.2 Å². The fourth-order valence-corrected chi connectivity index (χ4v) is 3.01. The van der Waals surface area contributed by atoms with Gasteiger partial charge in [-0.05, 0) is 37.8 Å². The number of rotatable bonds is 5. The van der Waals surface area contributed by atoms with E-state index in [9.17, 15) is 9.59 Å². The Morgan fingerprint density at radius 3 is 2.24 bits per heavy atom. The molecule has 3 N–H and O–H groups in total. The quantitative estimate of drug-likeness (QED) is 0.818. The number of nitrogens with two attached hydrogens (primary N) is 1. The number of nitrogens with one attached hydrogen (secondary N) is 1. The van der Waals surface area contributed by atoms with Gasteiger partial charge in [0.25, 0.3) is 5.91 Å². The molecule has 0 heterocycles. The van der Waals surface area contributed by atoms with Crippen LogP contribution in [0.25, 0.3) is 0 Å². The summed E-state index contributed by atoms with van der Waals surface area (Å²) in [4.78, 5) is 23.5. The molecule has 0 saturated heterocycles. The summed E-state index contributed by atoms with van der Waals surface area (Å²) in [5.41, 5.74) is 7.03. The molecule has 1 amide bonds. The third kappa shape index (κ3) is 4.14. The van der Waals surface area contributed by atoms with Gasteiger partial charge in [-0.25, -0.2) is 0 Å². The Balaban J connectivity index is 1.99. The molecule has 1 aliphatic rings. The van der Waals surface area contributed by atoms with Crippen molar-refractivity contribution < 1.29 is 9.59 Å². The van der Waals surface area contributed by atoms with Crippen LogP contribution in [0.15, 0.2) is 24.3 Å². The lowest BCUT2D eigenvalue weighted by atomic mass is 9.84. The molecule has 21 heavy (non-hydrogen) atoms. The second-order valence-electron chi connectivity index (χ2n) is 5.85. The topological polar surface area (TPSA) is 72.2 Å². The van der Waals surface area contributed by atoms with Gasteiger partial charge in [-0.2, -0.15) is 0 Å². The van der Waals surface area contributed by atoms with Gasteiger partial charge in [0.15, 0.2) is 5.78 Å². The molecular weight excluding hydrogens is 264 g/mol. The number of ketones is 1. The summed E-state index contributed by atoms with van der Waals surface area (Å²) in [6.45, 7) is 1.99. The average Bonchev–Trinajstić information content (AvgIpc) is 2.53. The molecule has 0 aliphatic heterocycles. The largest absolute Gasteiger partial charge is 0.348 e. The highest BCUT2D eigenvalue weighted by Gasteiger charge is 2.24. The van der Waals surface area contributed by atoms with Gasteiger partial charge in [-0.15, -0.1) is 0 Å². The van der Waals surface area contributed by atoms with E-state index < -0.39 is 0 Å². The van der Waals surface area contributed by atoms with Crippen molar-refractivity contribution in [2.75, 3.05) is 6.54 Å². The molecule has 4 heteroatoms. The number of carbonyl (C=O) groups is 2.